The molecule has 0 unspecified atom stereocenters. The van der Waals surface area contributed by atoms with Crippen molar-refractivity contribution in [3.63, 3.8) is 0 Å². The molecule has 0 aliphatic rings. The van der Waals surface area contributed by atoms with Gasteiger partial charge in [-0.1, -0.05) is 8.96 Å². The van der Waals surface area contributed by atoms with Gasteiger partial charge in [0.25, 0.3) is 6.43 Å². The number of carboxylic acid groups (broad SMARTS) is 1. The molecule has 0 aromatic carbocycles. The molecular weight excluding hydrogens is 220 g/mol. The molecule has 0 saturated heterocycles. The minimum atomic E-state index is -5.08. The highest BCUT2D eigenvalue weighted by molar-refractivity contribution is 5.78. The Kier molecular flexibility index (Phi) is 3.38. The molecular formula is C5H5F6NO2. The molecule has 0 fully saturated rings. The van der Waals surface area contributed by atoms with Crippen LogP contribution in [0.25, 0.3) is 0 Å². The molecule has 0 radical (unpaired) electrons. The number of aliphatic carboxylic acids is 1. The summed E-state index contributed by atoms with van der Waals surface area (Å²) in [6.45, 7) is -0.266. The molecule has 0 spiro atoms. The van der Waals surface area contributed by atoms with E-state index in [1.165, 1.54) is 0 Å². The fourth-order valence-corrected chi connectivity index (χ4v) is 0.591. The zero-order valence-electron chi connectivity index (χ0n) is 6.65. The highest BCUT2D eigenvalue weighted by atomic mass is 19.4. The lowest BCUT2D eigenvalue weighted by atomic mass is 9.97. The molecule has 9 heteroatoms. The van der Waals surface area contributed by atoms with Crippen molar-refractivity contribution in [2.24, 2.45) is 0 Å². The molecule has 0 aliphatic heterocycles. The van der Waals surface area contributed by atoms with Gasteiger partial charge in [0.1, 0.15) is 0 Å². The lowest BCUT2D eigenvalue weighted by molar-refractivity contribution is -0.323. The lowest BCUT2D eigenvalue weighted by Crippen LogP contribution is -2.61. The number of rotatable bonds is 4. The number of alkyl halides is 4. The maximum Gasteiger partial charge on any atom is 0.366 e. The molecule has 0 aliphatic carbocycles. The van der Waals surface area contributed by atoms with Crippen LogP contribution in [0.4, 0.5) is 26.5 Å². The third-order valence-corrected chi connectivity index (χ3v) is 1.57. The van der Waals surface area contributed by atoms with Crippen molar-refractivity contribution < 1.29 is 36.4 Å². The fourth-order valence-electron chi connectivity index (χ4n) is 0.591. The second-order valence-electron chi connectivity index (χ2n) is 2.54. The second kappa shape index (κ2) is 3.64. The van der Waals surface area contributed by atoms with Gasteiger partial charge in [0.05, 0.1) is 5.34 Å². The van der Waals surface area contributed by atoms with Crippen molar-refractivity contribution in [3.05, 3.63) is 0 Å². The van der Waals surface area contributed by atoms with Crippen molar-refractivity contribution in [1.82, 2.24) is 5.34 Å². The highest BCUT2D eigenvalue weighted by Crippen LogP contribution is 2.39. The Morgan fingerprint density at radius 3 is 1.79 bits per heavy atom. The monoisotopic (exact) mass is 225 g/mol. The van der Waals surface area contributed by atoms with E-state index >= 15 is 0 Å². The Morgan fingerprint density at radius 2 is 1.71 bits per heavy atom. The summed E-state index contributed by atoms with van der Waals surface area (Å²) in [4.78, 5) is 9.94. The maximum atomic E-state index is 12.8. The van der Waals surface area contributed by atoms with E-state index in [2.05, 4.69) is 0 Å². The quantitative estimate of drug-likeness (QED) is 0.450. The molecule has 1 N–H and O–H groups in total. The van der Waals surface area contributed by atoms with Gasteiger partial charge in [0.15, 0.2) is 0 Å². The summed E-state index contributed by atoms with van der Waals surface area (Å²) in [5.41, 5.74) is -4.53. The van der Waals surface area contributed by atoms with E-state index in [4.69, 9.17) is 5.11 Å². The third-order valence-electron chi connectivity index (χ3n) is 1.57. The molecule has 0 amide bonds. The average Bonchev–Trinajstić information content (AvgIpc) is 2.01. The molecule has 0 bridgehead atoms. The van der Waals surface area contributed by atoms with Gasteiger partial charge in [-0.2, -0.15) is 0 Å². The molecule has 0 aromatic rings. The Hall–Kier alpha value is -0.990. The first-order chi connectivity index (χ1) is 6.08. The van der Waals surface area contributed by atoms with Gasteiger partial charge in [-0.3, -0.25) is 0 Å². The first-order valence-corrected chi connectivity index (χ1v) is 3.09. The van der Waals surface area contributed by atoms with Crippen LogP contribution in [0.3, 0.4) is 0 Å². The molecule has 0 rings (SSSR count). The summed E-state index contributed by atoms with van der Waals surface area (Å²) in [6.07, 6.45) is -4.21. The molecule has 0 heterocycles. The molecule has 0 saturated carbocycles. The average molecular weight is 225 g/mol. The van der Waals surface area contributed by atoms with Gasteiger partial charge in [0, 0.05) is 0 Å². The molecule has 84 valence electrons. The van der Waals surface area contributed by atoms with Crippen LogP contribution in [0, 0.1) is 0 Å². The topological polar surface area (TPSA) is 40.5 Å². The van der Waals surface area contributed by atoms with E-state index in [-0.39, 0.29) is 6.92 Å². The first-order valence-electron chi connectivity index (χ1n) is 3.09. The Morgan fingerprint density at radius 1 is 1.36 bits per heavy atom. The van der Waals surface area contributed by atoms with E-state index in [0.29, 0.717) is 0 Å². The highest BCUT2D eigenvalue weighted by Gasteiger charge is 2.68. The van der Waals surface area contributed by atoms with Crippen LogP contribution in [-0.2, 0) is 4.79 Å². The summed E-state index contributed by atoms with van der Waals surface area (Å²) in [6, 6.07) is 0. The molecule has 0 aromatic heterocycles. The predicted octanol–water partition coefficient (Wildman–Crippen LogP) is 1.80. The number of carbonyl (C=O) groups is 1. The second-order valence-corrected chi connectivity index (χ2v) is 2.54. The van der Waals surface area contributed by atoms with Crippen LogP contribution < -0.4 is 0 Å². The summed E-state index contributed by atoms with van der Waals surface area (Å²) < 4.78 is 72.5. The summed E-state index contributed by atoms with van der Waals surface area (Å²) in [5.74, 6) is -8.12. The fraction of sp³-hybridized carbons (Fsp3) is 0.800. The zero-order chi connectivity index (χ0) is 11.7. The number of hydrogen-bond acceptors (Lipinski definition) is 2. The SMILES string of the molecule is C[C@@](F)(C(F)F)[C@@](F)(C(=O)O)N(F)F. The van der Waals surface area contributed by atoms with E-state index in [0.717, 1.165) is 0 Å². The van der Waals surface area contributed by atoms with Crippen LogP contribution in [0.1, 0.15) is 6.92 Å². The minimum Gasteiger partial charge on any atom is -0.478 e. The Bertz CT molecular complexity index is 232. The maximum absolute atomic E-state index is 12.8. The summed E-state index contributed by atoms with van der Waals surface area (Å²) in [7, 11) is 0. The van der Waals surface area contributed by atoms with Crippen molar-refractivity contribution in [2.45, 2.75) is 24.8 Å². The van der Waals surface area contributed by atoms with Crippen molar-refractivity contribution >= 4 is 5.97 Å². The summed E-state index contributed by atoms with van der Waals surface area (Å²) >= 11 is 0. The smallest absolute Gasteiger partial charge is 0.366 e. The Balaban J connectivity index is 5.32. The van der Waals surface area contributed by atoms with Crippen LogP contribution in [0.5, 0.6) is 0 Å². The molecule has 2 atom stereocenters. The van der Waals surface area contributed by atoms with E-state index in [1.807, 2.05) is 0 Å². The standard InChI is InChI=1S/C5H5F6NO2/c1-4(8,2(6)7)5(9,3(13)14)12(10)11/h2H,1H3,(H,13,14)/t4-,5-/m1/s1. The Labute approximate surface area is 73.8 Å². The zero-order valence-corrected chi connectivity index (χ0v) is 6.65. The van der Waals surface area contributed by atoms with Gasteiger partial charge < -0.3 is 5.11 Å². The van der Waals surface area contributed by atoms with Gasteiger partial charge in [-0.25, -0.2) is 22.4 Å². The number of halogens is 6. The number of nitrogens with zero attached hydrogens (tertiary/aromatic N) is 1. The number of hydrogen-bond donors (Lipinski definition) is 1. The van der Waals surface area contributed by atoms with Crippen molar-refractivity contribution in [2.75, 3.05) is 0 Å². The van der Waals surface area contributed by atoms with Gasteiger partial charge >= 0.3 is 11.8 Å². The van der Waals surface area contributed by atoms with E-state index < -0.39 is 29.2 Å². The lowest BCUT2D eigenvalue weighted by Gasteiger charge is -2.31. The minimum absolute atomic E-state index is 0.266. The number of carboxylic acids is 1. The van der Waals surface area contributed by atoms with Crippen molar-refractivity contribution in [3.8, 4) is 0 Å². The predicted molar refractivity (Wildman–Crippen MR) is 31.0 cm³/mol. The van der Waals surface area contributed by atoms with Gasteiger partial charge in [-0.05, 0) is 6.92 Å². The summed E-state index contributed by atoms with van der Waals surface area (Å²) in [5, 5.41) is 5.18. The largest absolute Gasteiger partial charge is 0.478 e. The van der Waals surface area contributed by atoms with Crippen LogP contribution in [0.15, 0.2) is 0 Å². The first kappa shape index (κ1) is 13.0. The van der Waals surface area contributed by atoms with Crippen LogP contribution in [-0.4, -0.2) is 34.3 Å². The van der Waals surface area contributed by atoms with E-state index in [1.54, 1.807) is 0 Å². The molecule has 14 heavy (non-hydrogen) atoms. The van der Waals surface area contributed by atoms with Crippen molar-refractivity contribution in [1.29, 1.82) is 0 Å². The van der Waals surface area contributed by atoms with E-state index in [9.17, 15) is 31.3 Å². The third kappa shape index (κ3) is 1.63. The van der Waals surface area contributed by atoms with Crippen LogP contribution in [0.2, 0.25) is 0 Å². The van der Waals surface area contributed by atoms with Gasteiger partial charge in [0.2, 0.25) is 5.67 Å². The molecule has 3 nitrogen and oxygen atoms in total. The van der Waals surface area contributed by atoms with Crippen LogP contribution >= 0.6 is 0 Å². The normalized spacial score (nSPS) is 20.6. The van der Waals surface area contributed by atoms with Gasteiger partial charge in [-0.15, -0.1) is 0 Å².